The Bertz CT molecular complexity index is 1750. The molecule has 218 valence electrons. The van der Waals surface area contributed by atoms with Crippen LogP contribution in [0.15, 0.2) is 58.5 Å². The summed E-state index contributed by atoms with van der Waals surface area (Å²) in [6, 6.07) is 12.1. The van der Waals surface area contributed by atoms with Crippen LogP contribution in [0.4, 0.5) is 5.82 Å². The van der Waals surface area contributed by atoms with Crippen molar-refractivity contribution >= 4 is 47.9 Å². The number of aromatic nitrogens is 3. The average Bonchev–Trinajstić information content (AvgIpc) is 3.31. The maximum atomic E-state index is 11.2. The minimum Gasteiger partial charge on any atom is -0.385 e. The van der Waals surface area contributed by atoms with Gasteiger partial charge in [0.15, 0.2) is 0 Å². The molecule has 4 aromatic rings. The van der Waals surface area contributed by atoms with Gasteiger partial charge in [0, 0.05) is 36.3 Å². The standard InChI is InChI=1S/C17H23N5O.C10H8O6S2/c1-11(23)17-21-14-10-20-16(19-2)9-15(14)22(17)13-5-3-12(4-6-13)7-8-18;11-17(12,13)9-5-1-3-7-8(9)4-2-6-10(7)18(14,15)16/h9-13,23H,3-7H2,1-2H3,(H,19,20);1-6H,(H,11,12,13)(H,14,15,16)/t11?,12-,13-;. The van der Waals surface area contributed by atoms with Gasteiger partial charge < -0.3 is 15.0 Å². The van der Waals surface area contributed by atoms with Crippen LogP contribution in [-0.4, -0.2) is 52.6 Å². The second kappa shape index (κ2) is 12.1. The van der Waals surface area contributed by atoms with Gasteiger partial charge >= 0.3 is 0 Å². The molecule has 0 saturated heterocycles. The number of imidazole rings is 1. The van der Waals surface area contributed by atoms with Crippen molar-refractivity contribution in [3.05, 3.63) is 54.5 Å². The highest BCUT2D eigenvalue weighted by Crippen LogP contribution is 2.37. The quantitative estimate of drug-likeness (QED) is 0.227. The summed E-state index contributed by atoms with van der Waals surface area (Å²) < 4.78 is 64.9. The van der Waals surface area contributed by atoms with Crippen molar-refractivity contribution in [2.75, 3.05) is 12.4 Å². The molecule has 1 aliphatic rings. The Kier molecular flexibility index (Phi) is 8.95. The Balaban J connectivity index is 0.000000195. The van der Waals surface area contributed by atoms with Crippen LogP contribution in [-0.2, 0) is 20.2 Å². The lowest BCUT2D eigenvalue weighted by molar-refractivity contribution is 0.175. The van der Waals surface area contributed by atoms with Gasteiger partial charge in [-0.25, -0.2) is 9.97 Å². The summed E-state index contributed by atoms with van der Waals surface area (Å²) in [5, 5.41) is 22.1. The number of rotatable bonds is 6. The fourth-order valence-corrected chi connectivity index (χ4v) is 6.68. The molecule has 2 aromatic carbocycles. The van der Waals surface area contributed by atoms with E-state index in [1.165, 1.54) is 24.3 Å². The van der Waals surface area contributed by atoms with E-state index in [1.807, 2.05) is 13.1 Å². The first kappa shape index (κ1) is 30.4. The van der Waals surface area contributed by atoms with E-state index < -0.39 is 36.1 Å². The third-order valence-corrected chi connectivity index (χ3v) is 9.02. The lowest BCUT2D eigenvalue weighted by Gasteiger charge is -2.30. The van der Waals surface area contributed by atoms with Gasteiger partial charge in [-0.15, -0.1) is 0 Å². The van der Waals surface area contributed by atoms with Crippen LogP contribution >= 0.6 is 0 Å². The number of hydrogen-bond acceptors (Lipinski definition) is 9. The van der Waals surface area contributed by atoms with Gasteiger partial charge in [0.1, 0.15) is 33.1 Å². The molecule has 1 atom stereocenters. The van der Waals surface area contributed by atoms with Crippen LogP contribution < -0.4 is 5.32 Å². The van der Waals surface area contributed by atoms with E-state index in [9.17, 15) is 21.9 Å². The minimum atomic E-state index is -4.47. The van der Waals surface area contributed by atoms with Crippen LogP contribution in [0, 0.1) is 17.2 Å². The highest BCUT2D eigenvalue weighted by Gasteiger charge is 2.27. The molecule has 1 unspecified atom stereocenters. The molecule has 5 rings (SSSR count). The van der Waals surface area contributed by atoms with Gasteiger partial charge in [0.05, 0.1) is 17.8 Å². The van der Waals surface area contributed by atoms with Crippen LogP contribution in [0.25, 0.3) is 21.8 Å². The number of nitrogens with zero attached hydrogens (tertiary/aromatic N) is 4. The van der Waals surface area contributed by atoms with Gasteiger partial charge in [-0.2, -0.15) is 22.1 Å². The Morgan fingerprint density at radius 1 is 1.02 bits per heavy atom. The zero-order chi connectivity index (χ0) is 29.9. The van der Waals surface area contributed by atoms with Crippen molar-refractivity contribution in [3.8, 4) is 6.07 Å². The van der Waals surface area contributed by atoms with Gasteiger partial charge in [-0.3, -0.25) is 9.11 Å². The Morgan fingerprint density at radius 2 is 1.59 bits per heavy atom. The number of aliphatic hydroxyl groups excluding tert-OH is 1. The number of fused-ring (bicyclic) bond motifs is 2. The first-order valence-electron chi connectivity index (χ1n) is 12.9. The summed E-state index contributed by atoms with van der Waals surface area (Å²) in [6.07, 6.45) is 5.95. The monoisotopic (exact) mass is 601 g/mol. The summed E-state index contributed by atoms with van der Waals surface area (Å²) in [7, 11) is -7.09. The fourth-order valence-electron chi connectivity index (χ4n) is 5.27. The smallest absolute Gasteiger partial charge is 0.295 e. The first-order chi connectivity index (χ1) is 19.3. The van der Waals surface area contributed by atoms with Crippen LogP contribution in [0.5, 0.6) is 0 Å². The van der Waals surface area contributed by atoms with Crippen molar-refractivity contribution in [1.29, 1.82) is 5.26 Å². The molecule has 4 N–H and O–H groups in total. The predicted octanol–water partition coefficient (Wildman–Crippen LogP) is 4.50. The van der Waals surface area contributed by atoms with Crippen molar-refractivity contribution in [1.82, 2.24) is 14.5 Å². The molecule has 14 heteroatoms. The molecule has 0 amide bonds. The molecule has 1 saturated carbocycles. The molecule has 0 bridgehead atoms. The molecule has 1 fully saturated rings. The predicted molar refractivity (Wildman–Crippen MR) is 153 cm³/mol. The fraction of sp³-hybridized carbons (Fsp3) is 0.370. The largest absolute Gasteiger partial charge is 0.385 e. The summed E-state index contributed by atoms with van der Waals surface area (Å²) in [5.41, 5.74) is 1.84. The maximum absolute atomic E-state index is 11.2. The highest BCUT2D eigenvalue weighted by atomic mass is 32.2. The summed E-state index contributed by atoms with van der Waals surface area (Å²) in [4.78, 5) is 8.08. The van der Waals surface area contributed by atoms with Crippen molar-refractivity contribution in [2.45, 2.75) is 61.0 Å². The van der Waals surface area contributed by atoms with Crippen LogP contribution in [0.3, 0.4) is 0 Å². The third-order valence-electron chi connectivity index (χ3n) is 7.19. The van der Waals surface area contributed by atoms with Gasteiger partial charge in [0.25, 0.3) is 20.2 Å². The summed E-state index contributed by atoms with van der Waals surface area (Å²) in [5.74, 6) is 2.02. The molecular weight excluding hydrogens is 570 g/mol. The zero-order valence-corrected chi connectivity index (χ0v) is 24.1. The van der Waals surface area contributed by atoms with Crippen molar-refractivity contribution in [2.24, 2.45) is 5.92 Å². The Labute approximate surface area is 238 Å². The van der Waals surface area contributed by atoms with E-state index in [-0.39, 0.29) is 10.8 Å². The van der Waals surface area contributed by atoms with Crippen LogP contribution in [0.1, 0.15) is 57.0 Å². The normalized spacial score (nSPS) is 18.3. The lowest BCUT2D eigenvalue weighted by Crippen LogP contribution is -2.20. The average molecular weight is 602 g/mol. The number of pyridine rings is 1. The van der Waals surface area contributed by atoms with Crippen molar-refractivity contribution in [3.63, 3.8) is 0 Å². The summed E-state index contributed by atoms with van der Waals surface area (Å²) in [6.45, 7) is 1.76. The van der Waals surface area contributed by atoms with E-state index in [2.05, 4.69) is 25.9 Å². The number of nitrogens with one attached hydrogen (secondary N) is 1. The van der Waals surface area contributed by atoms with E-state index >= 15 is 0 Å². The minimum absolute atomic E-state index is 0.0233. The van der Waals surface area contributed by atoms with Crippen LogP contribution in [0.2, 0.25) is 0 Å². The molecule has 2 heterocycles. The molecule has 0 aliphatic heterocycles. The second-order valence-corrected chi connectivity index (χ2v) is 12.7. The van der Waals surface area contributed by atoms with Gasteiger partial charge in [-0.1, -0.05) is 24.3 Å². The highest BCUT2D eigenvalue weighted by molar-refractivity contribution is 7.86. The van der Waals surface area contributed by atoms with E-state index in [0.717, 1.165) is 54.7 Å². The molecular formula is C27H31N5O7S2. The third kappa shape index (κ3) is 6.66. The topological polar surface area (TPSA) is 195 Å². The molecule has 0 spiro atoms. The maximum Gasteiger partial charge on any atom is 0.295 e. The number of aliphatic hydroxyl groups is 1. The number of nitriles is 1. The van der Waals surface area contributed by atoms with Crippen molar-refractivity contribution < 1.29 is 31.0 Å². The number of anilines is 1. The molecule has 1 aliphatic carbocycles. The molecule has 12 nitrogen and oxygen atoms in total. The molecule has 0 radical (unpaired) electrons. The Hall–Kier alpha value is -3.61. The van der Waals surface area contributed by atoms with E-state index in [0.29, 0.717) is 24.2 Å². The SMILES string of the molecule is CNc1cc2c(cn1)nc(C(C)O)n2[C@H]1CC[C@H](CC#N)CC1.O=S(=O)(O)c1cccc2c(S(=O)(=O)O)cccc12. The first-order valence-corrected chi connectivity index (χ1v) is 15.8. The number of benzene rings is 2. The summed E-state index contributed by atoms with van der Waals surface area (Å²) >= 11 is 0. The Morgan fingerprint density at radius 3 is 2.05 bits per heavy atom. The van der Waals surface area contributed by atoms with Gasteiger partial charge in [0.2, 0.25) is 0 Å². The second-order valence-electron chi connectivity index (χ2n) is 9.92. The lowest BCUT2D eigenvalue weighted by atomic mass is 9.84. The van der Waals surface area contributed by atoms with E-state index in [1.54, 1.807) is 13.1 Å². The zero-order valence-electron chi connectivity index (χ0n) is 22.5. The number of hydrogen-bond donors (Lipinski definition) is 4. The molecule has 2 aromatic heterocycles. The van der Waals surface area contributed by atoms with Gasteiger partial charge in [-0.05, 0) is 50.7 Å². The molecule has 41 heavy (non-hydrogen) atoms. The van der Waals surface area contributed by atoms with E-state index in [4.69, 9.17) is 14.4 Å².